The van der Waals surface area contributed by atoms with E-state index in [1.165, 1.54) is 5.69 Å². The van der Waals surface area contributed by atoms with Gasteiger partial charge in [0.05, 0.1) is 11.7 Å². The minimum Gasteiger partial charge on any atom is -0.353 e. The first-order valence-electron chi connectivity index (χ1n) is 7.58. The fourth-order valence-electron chi connectivity index (χ4n) is 3.24. The zero-order chi connectivity index (χ0) is 15.0. The number of nitrogens with zero attached hydrogens (tertiary/aromatic N) is 4. The van der Waals surface area contributed by atoms with Crippen LogP contribution in [0.25, 0.3) is 0 Å². The molecule has 0 aromatic carbocycles. The molecule has 3 rings (SSSR count). The maximum absolute atomic E-state index is 12.9. The molecule has 1 fully saturated rings. The first kappa shape index (κ1) is 13.9. The molecule has 0 radical (unpaired) electrons. The highest BCUT2D eigenvalue weighted by Crippen LogP contribution is 2.33. The van der Waals surface area contributed by atoms with Crippen molar-refractivity contribution >= 4 is 5.91 Å². The van der Waals surface area contributed by atoms with Crippen LogP contribution in [0.3, 0.4) is 0 Å². The largest absolute Gasteiger partial charge is 0.353 e. The molecule has 2 aromatic rings. The van der Waals surface area contributed by atoms with Gasteiger partial charge in [0.2, 0.25) is 0 Å². The summed E-state index contributed by atoms with van der Waals surface area (Å²) in [5.41, 5.74) is 2.81. The third-order valence-electron chi connectivity index (χ3n) is 4.26. The highest BCUT2D eigenvalue weighted by atomic mass is 16.2. The number of amides is 1. The van der Waals surface area contributed by atoms with E-state index >= 15 is 0 Å². The van der Waals surface area contributed by atoms with Crippen molar-refractivity contribution in [1.29, 1.82) is 0 Å². The molecule has 3 heterocycles. The van der Waals surface area contributed by atoms with Gasteiger partial charge < -0.3 is 9.47 Å². The Kier molecular flexibility index (Phi) is 3.57. The van der Waals surface area contributed by atoms with Gasteiger partial charge in [0.25, 0.3) is 5.91 Å². The third kappa shape index (κ3) is 2.37. The first-order chi connectivity index (χ1) is 10.1. The summed E-state index contributed by atoms with van der Waals surface area (Å²) >= 11 is 0. The number of likely N-dealkylation sites (tertiary alicyclic amines) is 1. The highest BCUT2D eigenvalue weighted by Gasteiger charge is 2.33. The summed E-state index contributed by atoms with van der Waals surface area (Å²) in [4.78, 5) is 14.9. The summed E-state index contributed by atoms with van der Waals surface area (Å²) in [5, 5.41) is 4.39. The average Bonchev–Trinajstić information content (AvgIpc) is 3.16. The molecule has 0 bridgehead atoms. The molecule has 1 aliphatic heterocycles. The monoisotopic (exact) mass is 286 g/mol. The minimum absolute atomic E-state index is 0.0983. The van der Waals surface area contributed by atoms with Gasteiger partial charge in [-0.25, -0.2) is 0 Å². The van der Waals surface area contributed by atoms with E-state index in [1.807, 2.05) is 44.1 Å². The Morgan fingerprint density at radius 3 is 2.95 bits per heavy atom. The van der Waals surface area contributed by atoms with Gasteiger partial charge in [-0.05, 0) is 44.9 Å². The standard InChI is InChI=1S/C16H22N4O/c1-4-20-15(11-12(2)17-20)16(21)19-10-6-8-14(19)13-7-5-9-18(13)3/h5,7,9,11,14H,4,6,8,10H2,1-3H3. The van der Waals surface area contributed by atoms with Crippen LogP contribution in [0, 0.1) is 6.92 Å². The number of aromatic nitrogens is 3. The molecule has 0 aliphatic carbocycles. The van der Waals surface area contributed by atoms with E-state index in [-0.39, 0.29) is 11.9 Å². The van der Waals surface area contributed by atoms with Gasteiger partial charge in [0, 0.05) is 32.0 Å². The molecule has 2 aromatic heterocycles. The second kappa shape index (κ2) is 5.39. The average molecular weight is 286 g/mol. The van der Waals surface area contributed by atoms with E-state index in [4.69, 9.17) is 0 Å². The SMILES string of the molecule is CCn1nc(C)cc1C(=O)N1CCCC1c1cccn1C. The molecule has 5 nitrogen and oxygen atoms in total. The zero-order valence-corrected chi connectivity index (χ0v) is 12.9. The molecule has 0 spiro atoms. The number of aryl methyl sites for hydroxylation is 3. The number of carbonyl (C=O) groups is 1. The summed E-state index contributed by atoms with van der Waals surface area (Å²) < 4.78 is 3.91. The van der Waals surface area contributed by atoms with Crippen molar-refractivity contribution in [2.75, 3.05) is 6.54 Å². The lowest BCUT2D eigenvalue weighted by Crippen LogP contribution is -2.33. The number of carbonyl (C=O) groups excluding carboxylic acids is 1. The van der Waals surface area contributed by atoms with Gasteiger partial charge in [0.1, 0.15) is 5.69 Å². The van der Waals surface area contributed by atoms with Crippen LogP contribution < -0.4 is 0 Å². The van der Waals surface area contributed by atoms with Crippen LogP contribution in [0.4, 0.5) is 0 Å². The normalized spacial score (nSPS) is 18.4. The van der Waals surface area contributed by atoms with Crippen LogP contribution in [-0.2, 0) is 13.6 Å². The van der Waals surface area contributed by atoms with E-state index in [0.29, 0.717) is 5.69 Å². The smallest absolute Gasteiger partial charge is 0.272 e. The van der Waals surface area contributed by atoms with Crippen LogP contribution in [0.2, 0.25) is 0 Å². The molecule has 0 saturated carbocycles. The molecule has 112 valence electrons. The van der Waals surface area contributed by atoms with Crippen LogP contribution in [0.5, 0.6) is 0 Å². The molecule has 5 heteroatoms. The van der Waals surface area contributed by atoms with Gasteiger partial charge >= 0.3 is 0 Å². The van der Waals surface area contributed by atoms with Crippen LogP contribution in [-0.4, -0.2) is 31.7 Å². The van der Waals surface area contributed by atoms with Crippen molar-refractivity contribution in [2.45, 2.75) is 39.3 Å². The van der Waals surface area contributed by atoms with E-state index < -0.39 is 0 Å². The maximum Gasteiger partial charge on any atom is 0.272 e. The van der Waals surface area contributed by atoms with E-state index in [1.54, 1.807) is 4.68 Å². The highest BCUT2D eigenvalue weighted by molar-refractivity contribution is 5.93. The van der Waals surface area contributed by atoms with Crippen LogP contribution >= 0.6 is 0 Å². The van der Waals surface area contributed by atoms with E-state index in [2.05, 4.69) is 15.7 Å². The fourth-order valence-corrected chi connectivity index (χ4v) is 3.24. The van der Waals surface area contributed by atoms with Crippen molar-refractivity contribution in [3.8, 4) is 0 Å². The molecule has 0 N–H and O–H groups in total. The molecule has 1 aliphatic rings. The molecule has 21 heavy (non-hydrogen) atoms. The maximum atomic E-state index is 12.9. The Morgan fingerprint density at radius 1 is 1.48 bits per heavy atom. The predicted octanol–water partition coefficient (Wildman–Crippen LogP) is 2.53. The summed E-state index contributed by atoms with van der Waals surface area (Å²) in [6.45, 7) is 5.49. The zero-order valence-electron chi connectivity index (χ0n) is 12.9. The van der Waals surface area contributed by atoms with Crippen molar-refractivity contribution in [1.82, 2.24) is 19.2 Å². The van der Waals surface area contributed by atoms with Gasteiger partial charge in [-0.15, -0.1) is 0 Å². The quantitative estimate of drug-likeness (QED) is 0.870. The second-order valence-electron chi connectivity index (χ2n) is 5.69. The molecular formula is C16H22N4O. The van der Waals surface area contributed by atoms with Gasteiger partial charge in [0.15, 0.2) is 0 Å². The Balaban J connectivity index is 1.91. The number of hydrogen-bond acceptors (Lipinski definition) is 2. The van der Waals surface area contributed by atoms with Crippen LogP contribution in [0.1, 0.15) is 47.7 Å². The van der Waals surface area contributed by atoms with Gasteiger partial charge in [-0.1, -0.05) is 0 Å². The van der Waals surface area contributed by atoms with Crippen molar-refractivity contribution in [3.63, 3.8) is 0 Å². The predicted molar refractivity (Wildman–Crippen MR) is 81.1 cm³/mol. The van der Waals surface area contributed by atoms with Gasteiger partial charge in [-0.2, -0.15) is 5.10 Å². The Labute approximate surface area is 125 Å². The molecule has 1 amide bonds. The first-order valence-corrected chi connectivity index (χ1v) is 7.58. The third-order valence-corrected chi connectivity index (χ3v) is 4.26. The number of rotatable bonds is 3. The molecular weight excluding hydrogens is 264 g/mol. The fraction of sp³-hybridized carbons (Fsp3) is 0.500. The summed E-state index contributed by atoms with van der Waals surface area (Å²) in [6.07, 6.45) is 4.13. The molecule has 1 unspecified atom stereocenters. The lowest BCUT2D eigenvalue weighted by molar-refractivity contribution is 0.0718. The Hall–Kier alpha value is -2.04. The lowest BCUT2D eigenvalue weighted by Gasteiger charge is -2.25. The Morgan fingerprint density at radius 2 is 2.29 bits per heavy atom. The topological polar surface area (TPSA) is 43.1 Å². The summed E-state index contributed by atoms with van der Waals surface area (Å²) in [7, 11) is 2.04. The summed E-state index contributed by atoms with van der Waals surface area (Å²) in [5.74, 6) is 0.0983. The Bertz CT molecular complexity index is 655. The second-order valence-corrected chi connectivity index (χ2v) is 5.69. The van der Waals surface area contributed by atoms with Crippen molar-refractivity contribution < 1.29 is 4.79 Å². The van der Waals surface area contributed by atoms with E-state index in [9.17, 15) is 4.79 Å². The van der Waals surface area contributed by atoms with E-state index in [0.717, 1.165) is 31.6 Å². The van der Waals surface area contributed by atoms with Crippen molar-refractivity contribution in [2.24, 2.45) is 7.05 Å². The lowest BCUT2D eigenvalue weighted by atomic mass is 10.1. The number of hydrogen-bond donors (Lipinski definition) is 0. The summed E-state index contributed by atoms with van der Waals surface area (Å²) in [6, 6.07) is 6.22. The van der Waals surface area contributed by atoms with Crippen molar-refractivity contribution in [3.05, 3.63) is 41.5 Å². The molecule has 1 saturated heterocycles. The minimum atomic E-state index is 0.0983. The molecule has 1 atom stereocenters. The van der Waals surface area contributed by atoms with Crippen LogP contribution in [0.15, 0.2) is 24.4 Å². The van der Waals surface area contributed by atoms with Gasteiger partial charge in [-0.3, -0.25) is 9.48 Å².